The molecule has 1 saturated heterocycles. The van der Waals surface area contributed by atoms with Crippen LogP contribution in [-0.2, 0) is 19.2 Å². The molecule has 1 aliphatic rings. The summed E-state index contributed by atoms with van der Waals surface area (Å²) in [6, 6.07) is 11.2. The van der Waals surface area contributed by atoms with Crippen molar-refractivity contribution in [1.29, 1.82) is 0 Å². The first-order valence-corrected chi connectivity index (χ1v) is 18.4. The molecule has 0 aromatic heterocycles. The van der Waals surface area contributed by atoms with Crippen molar-refractivity contribution in [1.82, 2.24) is 4.81 Å². The summed E-state index contributed by atoms with van der Waals surface area (Å²) in [6.45, 7) is 26.9. The van der Waals surface area contributed by atoms with Crippen LogP contribution in [0.4, 0.5) is 0 Å². The van der Waals surface area contributed by atoms with Crippen LogP contribution in [0.25, 0.3) is 0 Å². The molecule has 1 aromatic rings. The summed E-state index contributed by atoms with van der Waals surface area (Å²) in [4.78, 5) is 2.43. The Morgan fingerprint density at radius 2 is 1.32 bits per heavy atom. The third-order valence-corrected chi connectivity index (χ3v) is 3.89. The molecule has 0 bridgehead atoms. The van der Waals surface area contributed by atoms with Gasteiger partial charge >= 0.3 is 31.8 Å². The normalized spacial score (nSPS) is 16.3. The van der Waals surface area contributed by atoms with E-state index in [0.717, 1.165) is 12.0 Å². The number of halogens is 1. The summed E-state index contributed by atoms with van der Waals surface area (Å²) in [5.41, 5.74) is 2.27. The molecule has 2 rings (SSSR count). The summed E-state index contributed by atoms with van der Waals surface area (Å²) in [6.07, 6.45) is 4.52. The van der Waals surface area contributed by atoms with Crippen molar-refractivity contribution in [2.24, 2.45) is 0 Å². The van der Waals surface area contributed by atoms with E-state index in [4.69, 9.17) is 4.65 Å². The fourth-order valence-corrected chi connectivity index (χ4v) is 3.15. The number of nitrogens with zero attached hydrogens (tertiary/aromatic N) is 1. The Hall–Kier alpha value is 0.588. The van der Waals surface area contributed by atoms with Crippen LogP contribution in [-0.4, -0.2) is 69.5 Å². The van der Waals surface area contributed by atoms with E-state index in [1.54, 1.807) is 0 Å². The number of benzene rings is 1. The van der Waals surface area contributed by atoms with E-state index >= 15 is 0 Å². The van der Waals surface area contributed by atoms with Crippen LogP contribution in [0.5, 0.6) is 0 Å². The average molecular weight is 533 g/mol. The van der Waals surface area contributed by atoms with E-state index in [1.165, 1.54) is 5.47 Å². The van der Waals surface area contributed by atoms with Gasteiger partial charge in [0, 0.05) is 45.6 Å². The van der Waals surface area contributed by atoms with Gasteiger partial charge in [0.25, 0.3) is 0 Å². The molecule has 0 spiro atoms. The van der Waals surface area contributed by atoms with Crippen LogP contribution in [0.3, 0.4) is 0 Å². The summed E-state index contributed by atoms with van der Waals surface area (Å²) in [5, 5.41) is 0. The van der Waals surface area contributed by atoms with Gasteiger partial charge in [0.15, 0.2) is 0 Å². The third kappa shape index (κ3) is 16.8. The molecule has 0 N–H and O–H groups in total. The third-order valence-electron chi connectivity index (χ3n) is 3.89. The fraction of sp³-hybridized carbons (Fsp3) is 0.667. The molecule has 7 heteroatoms. The van der Waals surface area contributed by atoms with E-state index in [1.807, 2.05) is 6.07 Å². The quantitative estimate of drug-likeness (QED) is 0.236. The van der Waals surface area contributed by atoms with Gasteiger partial charge in [-0.25, -0.2) is 0 Å². The van der Waals surface area contributed by atoms with Crippen molar-refractivity contribution in [3.63, 3.8) is 0 Å². The standard InChI is InChI=1S/C18H27BNO.2C3H9P.ClH.Ni/c1-14(2)20(15(3)4)19-17(13-18(5,6)21-19)12-16-10-8-7-9-11-16;2*1-4(2)3;;/h7-11,14-15H,13H2,1-6H3;2*1-3H3;1H;/q-1;;;;+1/p+1. The van der Waals surface area contributed by atoms with Crippen molar-refractivity contribution >= 4 is 33.1 Å². The summed E-state index contributed by atoms with van der Waals surface area (Å²) in [7, 11) is 4.53. The van der Waals surface area contributed by atoms with Crippen molar-refractivity contribution in [2.75, 3.05) is 40.0 Å². The van der Waals surface area contributed by atoms with Crippen molar-refractivity contribution in [3.05, 3.63) is 47.4 Å². The zero-order valence-electron chi connectivity index (χ0n) is 21.9. The van der Waals surface area contributed by atoms with E-state index in [0.29, 0.717) is 12.1 Å². The predicted octanol–water partition coefficient (Wildman–Crippen LogP) is 6.98. The molecule has 183 valence electrons. The molecule has 0 amide bonds. The molecule has 0 saturated carbocycles. The van der Waals surface area contributed by atoms with E-state index < -0.39 is 0 Å². The summed E-state index contributed by atoms with van der Waals surface area (Å²) in [5.74, 6) is 0. The maximum absolute atomic E-state index is 6.34. The van der Waals surface area contributed by atoms with Gasteiger partial charge in [-0.3, -0.25) is 0 Å². The van der Waals surface area contributed by atoms with Crippen LogP contribution < -0.4 is 0 Å². The van der Waals surface area contributed by atoms with Crippen LogP contribution in [0.1, 0.15) is 53.5 Å². The van der Waals surface area contributed by atoms with Crippen molar-refractivity contribution in [3.8, 4) is 0 Å². The first-order chi connectivity index (χ1) is 14.3. The second-order valence-corrected chi connectivity index (χ2v) is 16.1. The van der Waals surface area contributed by atoms with Gasteiger partial charge in [-0.2, -0.15) is 23.8 Å². The Morgan fingerprint density at radius 3 is 1.68 bits per heavy atom. The molecule has 0 atom stereocenters. The first-order valence-electron chi connectivity index (χ1n) is 11.0. The Labute approximate surface area is 209 Å². The van der Waals surface area contributed by atoms with Gasteiger partial charge in [0.2, 0.25) is 0 Å². The van der Waals surface area contributed by atoms with Gasteiger partial charge in [-0.1, -0.05) is 33.8 Å². The maximum atomic E-state index is 6.34. The molecule has 1 aromatic carbocycles. The van der Waals surface area contributed by atoms with E-state index in [9.17, 15) is 0 Å². The molecule has 0 unspecified atom stereocenters. The molecule has 31 heavy (non-hydrogen) atoms. The number of rotatable bonds is 4. The van der Waals surface area contributed by atoms with Gasteiger partial charge in [0.1, 0.15) is 0 Å². The molecule has 1 heterocycles. The minimum absolute atomic E-state index is 0.0280. The molecule has 2 nitrogen and oxygen atoms in total. The van der Waals surface area contributed by atoms with Crippen LogP contribution in [0.2, 0.25) is 0 Å². The Bertz CT molecular complexity index is 579. The molecule has 0 aliphatic carbocycles. The van der Waals surface area contributed by atoms with Crippen LogP contribution in [0, 0.1) is 6.08 Å². The van der Waals surface area contributed by atoms with Crippen LogP contribution in [0.15, 0.2) is 35.8 Å². The Balaban J connectivity index is 0. The van der Waals surface area contributed by atoms with Crippen molar-refractivity contribution in [2.45, 2.75) is 65.6 Å². The zero-order chi connectivity index (χ0) is 24.8. The second-order valence-electron chi connectivity index (χ2n) is 10.1. The van der Waals surface area contributed by atoms with Gasteiger partial charge < -0.3 is 9.47 Å². The van der Waals surface area contributed by atoms with Gasteiger partial charge in [0.05, 0.1) is 0 Å². The van der Waals surface area contributed by atoms with E-state index in [-0.39, 0.29) is 28.5 Å². The molecular weight excluding hydrogens is 485 g/mol. The fourth-order valence-electron chi connectivity index (χ4n) is 3.15. The van der Waals surface area contributed by atoms with E-state index in [2.05, 4.69) is 141 Å². The summed E-state index contributed by atoms with van der Waals surface area (Å²) < 4.78 is 6.34. The predicted molar refractivity (Wildman–Crippen MR) is 148 cm³/mol. The average Bonchev–Trinajstić information content (AvgIpc) is 2.90. The molecule has 0 radical (unpaired) electrons. The molecule has 1 fully saturated rings. The number of hydrogen-bond donors (Lipinski definition) is 0. The van der Waals surface area contributed by atoms with Gasteiger partial charge in [-0.05, 0) is 48.2 Å². The van der Waals surface area contributed by atoms with Crippen LogP contribution >= 0.6 is 26.0 Å². The molecular formula is C24H47BClNNiOP2+. The Morgan fingerprint density at radius 1 is 0.935 bits per heavy atom. The number of hydrogen-bond acceptors (Lipinski definition) is 2. The topological polar surface area (TPSA) is 12.5 Å². The zero-order valence-corrected chi connectivity index (χ0v) is 25.6. The molecule has 1 aliphatic heterocycles. The van der Waals surface area contributed by atoms with Crippen molar-refractivity contribution < 1.29 is 19.2 Å². The SMILES string of the molecule is CC(C)N(B1OC(C)(C)CC1=[C-]c1ccccc1)C(C)C.C[PH+](C)C.C[PH+](C)C.[Cl][Ni]. The van der Waals surface area contributed by atoms with Gasteiger partial charge in [-0.15, -0.1) is 17.6 Å². The monoisotopic (exact) mass is 531 g/mol. The second kappa shape index (κ2) is 18.0. The minimum atomic E-state index is -0.121. The Kier molecular flexibility index (Phi) is 19.6. The first kappa shape index (κ1) is 33.8. The summed E-state index contributed by atoms with van der Waals surface area (Å²) >= 11 is 3.35.